The Hall–Kier alpha value is -3.30. The number of pyridine rings is 2. The molecule has 1 aliphatic carbocycles. The quantitative estimate of drug-likeness (QED) is 0.443. The fourth-order valence-corrected chi connectivity index (χ4v) is 6.43. The third kappa shape index (κ3) is 2.84. The van der Waals surface area contributed by atoms with Crippen molar-refractivity contribution in [2.45, 2.75) is 63.4 Å². The Morgan fingerprint density at radius 2 is 1.94 bits per heavy atom. The highest BCUT2D eigenvalue weighted by Crippen LogP contribution is 2.41. The highest BCUT2D eigenvalue weighted by Gasteiger charge is 2.46. The van der Waals surface area contributed by atoms with Crippen LogP contribution in [0.5, 0.6) is 0 Å². The summed E-state index contributed by atoms with van der Waals surface area (Å²) in [5.41, 5.74) is -0.189. The molecular weight excluding hydrogens is 465 g/mol. The highest BCUT2D eigenvalue weighted by atomic mass is 19.1. The molecule has 1 saturated heterocycles. The summed E-state index contributed by atoms with van der Waals surface area (Å²) in [7, 11) is 0. The van der Waals surface area contributed by atoms with Crippen LogP contribution in [0.4, 0.5) is 4.39 Å². The molecule has 1 aromatic carbocycles. The standard InChI is InChI=1S/C27H26FN3O5/c1-2-27(35)19-10-21-23-22(12-30(21)25(33)18(19)13-36-26(27)34)31(16-7-8-29(11-16)15-4-5-15)20-6-3-14(28)9-17(20)24(23)32/h3,6,9-10,15-16,35H,2,4-5,7-8,11-13H2,1H3/t16-,27+/m1/s1. The molecule has 0 radical (unpaired) electrons. The van der Waals surface area contributed by atoms with E-state index in [-0.39, 0.29) is 53.1 Å². The van der Waals surface area contributed by atoms with Gasteiger partial charge in [-0.2, -0.15) is 0 Å². The summed E-state index contributed by atoms with van der Waals surface area (Å²) in [5.74, 6) is -1.30. The first-order valence-corrected chi connectivity index (χ1v) is 12.6. The van der Waals surface area contributed by atoms with Crippen molar-refractivity contribution in [2.24, 2.45) is 0 Å². The van der Waals surface area contributed by atoms with E-state index in [1.165, 1.54) is 29.5 Å². The van der Waals surface area contributed by atoms with Gasteiger partial charge in [0.25, 0.3) is 5.56 Å². The number of fused-ring (bicyclic) bond motifs is 5. The van der Waals surface area contributed by atoms with Gasteiger partial charge < -0.3 is 19.0 Å². The molecule has 0 unspecified atom stereocenters. The molecule has 0 spiro atoms. The molecule has 2 fully saturated rings. The largest absolute Gasteiger partial charge is 0.458 e. The number of likely N-dealkylation sites (tertiary alicyclic amines) is 1. The number of rotatable bonds is 3. The number of carbonyl (C=O) groups is 1. The van der Waals surface area contributed by atoms with E-state index in [4.69, 9.17) is 4.74 Å². The van der Waals surface area contributed by atoms with Gasteiger partial charge in [0.15, 0.2) is 11.0 Å². The third-order valence-corrected chi connectivity index (χ3v) is 8.50. The minimum absolute atomic E-state index is 0.0286. The van der Waals surface area contributed by atoms with Gasteiger partial charge in [-0.3, -0.25) is 14.5 Å². The van der Waals surface area contributed by atoms with Crippen molar-refractivity contribution in [2.75, 3.05) is 13.1 Å². The number of ether oxygens (including phenoxy) is 1. The molecule has 0 amide bonds. The second kappa shape index (κ2) is 7.36. The maximum absolute atomic E-state index is 14.3. The van der Waals surface area contributed by atoms with Crippen molar-refractivity contribution in [3.63, 3.8) is 0 Å². The zero-order valence-electron chi connectivity index (χ0n) is 19.9. The number of hydrogen-bond acceptors (Lipinski definition) is 6. The van der Waals surface area contributed by atoms with Crippen LogP contribution in [0.15, 0.2) is 33.9 Å². The Bertz CT molecular complexity index is 1600. The summed E-state index contributed by atoms with van der Waals surface area (Å²) >= 11 is 0. The Labute approximate surface area is 205 Å². The number of benzene rings is 1. The van der Waals surface area contributed by atoms with Gasteiger partial charge in [0, 0.05) is 36.1 Å². The first-order valence-electron chi connectivity index (χ1n) is 12.6. The Kier molecular flexibility index (Phi) is 4.49. The van der Waals surface area contributed by atoms with Crippen molar-refractivity contribution < 1.29 is 19.0 Å². The molecule has 2 aromatic heterocycles. The van der Waals surface area contributed by atoms with Crippen LogP contribution < -0.4 is 11.0 Å². The SMILES string of the molecule is CC[C@@]1(O)C(=O)OCc2c1cc1n(c2=O)Cc2c-1c(=O)c1cc(F)ccc1n2[C@@H]1CCN(C2CC2)C1. The lowest BCUT2D eigenvalue weighted by Crippen LogP contribution is -2.44. The fourth-order valence-electron chi connectivity index (χ4n) is 6.43. The first-order chi connectivity index (χ1) is 17.3. The second-order valence-electron chi connectivity index (χ2n) is 10.5. The lowest BCUT2D eigenvalue weighted by Gasteiger charge is -2.31. The van der Waals surface area contributed by atoms with Crippen molar-refractivity contribution in [3.8, 4) is 11.3 Å². The van der Waals surface area contributed by atoms with Gasteiger partial charge in [0.1, 0.15) is 12.4 Å². The minimum atomic E-state index is -1.96. The van der Waals surface area contributed by atoms with Gasteiger partial charge in [-0.05, 0) is 49.9 Å². The van der Waals surface area contributed by atoms with Crippen LogP contribution in [-0.4, -0.2) is 44.2 Å². The second-order valence-corrected chi connectivity index (χ2v) is 10.5. The van der Waals surface area contributed by atoms with Gasteiger partial charge in [-0.25, -0.2) is 9.18 Å². The van der Waals surface area contributed by atoms with E-state index in [2.05, 4.69) is 9.47 Å². The lowest BCUT2D eigenvalue weighted by molar-refractivity contribution is -0.172. The molecule has 9 heteroatoms. The summed E-state index contributed by atoms with van der Waals surface area (Å²) in [6, 6.07) is 6.59. The van der Waals surface area contributed by atoms with E-state index in [0.717, 1.165) is 19.5 Å². The average Bonchev–Trinajstić information content (AvgIpc) is 3.48. The maximum Gasteiger partial charge on any atom is 0.343 e. The third-order valence-electron chi connectivity index (χ3n) is 8.50. The molecule has 0 bridgehead atoms. The molecule has 1 saturated carbocycles. The molecule has 1 N–H and O–H groups in total. The number of esters is 1. The topological polar surface area (TPSA) is 93.8 Å². The molecule has 7 rings (SSSR count). The van der Waals surface area contributed by atoms with Gasteiger partial charge in [-0.1, -0.05) is 6.92 Å². The fraction of sp³-hybridized carbons (Fsp3) is 0.444. The molecule has 186 valence electrons. The number of aliphatic hydroxyl groups is 1. The van der Waals surface area contributed by atoms with Crippen molar-refractivity contribution in [3.05, 3.63) is 67.5 Å². The average molecular weight is 492 g/mol. The molecule has 3 aliphatic heterocycles. The summed E-state index contributed by atoms with van der Waals surface area (Å²) in [6.45, 7) is 3.42. The van der Waals surface area contributed by atoms with E-state index in [1.807, 2.05) is 0 Å². The smallest absolute Gasteiger partial charge is 0.343 e. The van der Waals surface area contributed by atoms with E-state index >= 15 is 0 Å². The monoisotopic (exact) mass is 491 g/mol. The van der Waals surface area contributed by atoms with E-state index in [9.17, 15) is 23.9 Å². The van der Waals surface area contributed by atoms with Crippen LogP contribution in [0.2, 0.25) is 0 Å². The first kappa shape index (κ1) is 21.9. The minimum Gasteiger partial charge on any atom is -0.458 e. The predicted octanol–water partition coefficient (Wildman–Crippen LogP) is 2.39. The van der Waals surface area contributed by atoms with Crippen molar-refractivity contribution in [1.29, 1.82) is 0 Å². The zero-order valence-corrected chi connectivity index (χ0v) is 19.9. The van der Waals surface area contributed by atoms with Gasteiger partial charge in [0.05, 0.1) is 34.6 Å². The van der Waals surface area contributed by atoms with Gasteiger partial charge in [-0.15, -0.1) is 0 Å². The van der Waals surface area contributed by atoms with E-state index < -0.39 is 17.4 Å². The number of carbonyl (C=O) groups excluding carboxylic acids is 1. The molecular formula is C27H26FN3O5. The van der Waals surface area contributed by atoms with Crippen LogP contribution in [0, 0.1) is 5.82 Å². The molecule has 3 aromatic rings. The molecule has 8 nitrogen and oxygen atoms in total. The Morgan fingerprint density at radius 1 is 1.14 bits per heavy atom. The Balaban J connectivity index is 1.50. The lowest BCUT2D eigenvalue weighted by atomic mass is 9.85. The van der Waals surface area contributed by atoms with Crippen LogP contribution in [-0.2, 0) is 28.3 Å². The summed E-state index contributed by atoms with van der Waals surface area (Å²) in [4.78, 5) is 42.4. The number of hydrogen-bond donors (Lipinski definition) is 1. The van der Waals surface area contributed by atoms with Crippen LogP contribution in [0.25, 0.3) is 22.2 Å². The number of nitrogens with zero attached hydrogens (tertiary/aromatic N) is 3. The van der Waals surface area contributed by atoms with Crippen molar-refractivity contribution in [1.82, 2.24) is 14.0 Å². The van der Waals surface area contributed by atoms with Gasteiger partial charge in [0.2, 0.25) is 0 Å². The predicted molar refractivity (Wildman–Crippen MR) is 129 cm³/mol. The summed E-state index contributed by atoms with van der Waals surface area (Å²) in [5, 5.41) is 11.4. The normalized spacial score (nSPS) is 25.1. The summed E-state index contributed by atoms with van der Waals surface area (Å²) in [6.07, 6.45) is 3.34. The molecule has 4 aliphatic rings. The zero-order chi connectivity index (χ0) is 24.9. The molecule has 5 heterocycles. The van der Waals surface area contributed by atoms with E-state index in [1.54, 1.807) is 19.1 Å². The number of cyclic esters (lactones) is 1. The maximum atomic E-state index is 14.3. The van der Waals surface area contributed by atoms with Crippen molar-refractivity contribution >= 4 is 16.9 Å². The van der Waals surface area contributed by atoms with Crippen LogP contribution in [0.3, 0.4) is 0 Å². The Morgan fingerprint density at radius 3 is 2.69 bits per heavy atom. The molecule has 36 heavy (non-hydrogen) atoms. The van der Waals surface area contributed by atoms with Crippen LogP contribution >= 0.6 is 0 Å². The summed E-state index contributed by atoms with van der Waals surface area (Å²) < 4.78 is 23.1. The van der Waals surface area contributed by atoms with E-state index in [0.29, 0.717) is 28.5 Å². The number of aromatic nitrogens is 2. The van der Waals surface area contributed by atoms with Gasteiger partial charge >= 0.3 is 5.97 Å². The van der Waals surface area contributed by atoms with Crippen LogP contribution in [0.1, 0.15) is 55.5 Å². The highest BCUT2D eigenvalue weighted by molar-refractivity contribution is 5.88. The molecule has 2 atom stereocenters. The number of halogens is 1.